The Labute approximate surface area is 170 Å². The van der Waals surface area contributed by atoms with Gasteiger partial charge in [-0.15, -0.1) is 0 Å². The van der Waals surface area contributed by atoms with Crippen molar-refractivity contribution in [3.63, 3.8) is 0 Å². The Hall–Kier alpha value is -2.59. The van der Waals surface area contributed by atoms with Gasteiger partial charge in [-0.1, -0.05) is 29.8 Å². The minimum Gasteiger partial charge on any atom is -0.492 e. The quantitative estimate of drug-likeness (QED) is 0.591. The fourth-order valence-corrected chi connectivity index (χ4v) is 4.18. The summed E-state index contributed by atoms with van der Waals surface area (Å²) in [6, 6.07) is 13.1. The average Bonchev–Trinajstić information content (AvgIpc) is 2.73. The SMILES string of the molecule is CCOc1ccccc1N(C)C(=O)c1ccc2c(Cl)c3c(nc2c1)CCCC3. The predicted octanol–water partition coefficient (Wildman–Crippen LogP) is 5.44. The van der Waals surface area contributed by atoms with E-state index in [1.54, 1.807) is 11.9 Å². The zero-order chi connectivity index (χ0) is 19.7. The minimum absolute atomic E-state index is 0.107. The number of pyridine rings is 1. The monoisotopic (exact) mass is 394 g/mol. The lowest BCUT2D eigenvalue weighted by molar-refractivity contribution is 0.0992. The summed E-state index contributed by atoms with van der Waals surface area (Å²) in [5.74, 6) is 0.585. The first-order chi connectivity index (χ1) is 13.6. The van der Waals surface area contributed by atoms with Crippen LogP contribution in [0.4, 0.5) is 5.69 Å². The van der Waals surface area contributed by atoms with Gasteiger partial charge in [0, 0.05) is 23.7 Å². The Morgan fingerprint density at radius 3 is 2.79 bits per heavy atom. The minimum atomic E-state index is -0.107. The third-order valence-electron chi connectivity index (χ3n) is 5.27. The lowest BCUT2D eigenvalue weighted by Gasteiger charge is -2.21. The third kappa shape index (κ3) is 3.33. The molecular weight excluding hydrogens is 372 g/mol. The van der Waals surface area contributed by atoms with Gasteiger partial charge in [0.2, 0.25) is 0 Å². The number of fused-ring (bicyclic) bond motifs is 2. The second kappa shape index (κ2) is 7.80. The van der Waals surface area contributed by atoms with Crippen LogP contribution in [0, 0.1) is 0 Å². The van der Waals surface area contributed by atoms with Gasteiger partial charge in [0.25, 0.3) is 5.91 Å². The molecule has 144 valence electrons. The van der Waals surface area contributed by atoms with Gasteiger partial charge in [0.15, 0.2) is 0 Å². The number of aromatic nitrogens is 1. The van der Waals surface area contributed by atoms with Gasteiger partial charge in [0.1, 0.15) is 5.75 Å². The summed E-state index contributed by atoms with van der Waals surface area (Å²) in [6.07, 6.45) is 4.22. The van der Waals surface area contributed by atoms with Crippen molar-refractivity contribution in [2.24, 2.45) is 0 Å². The molecule has 0 saturated carbocycles. The molecule has 4 rings (SSSR count). The molecule has 1 amide bonds. The van der Waals surface area contributed by atoms with Gasteiger partial charge in [-0.05, 0) is 62.4 Å². The number of hydrogen-bond acceptors (Lipinski definition) is 3. The molecule has 1 aliphatic rings. The van der Waals surface area contributed by atoms with Gasteiger partial charge in [0.05, 0.1) is 22.8 Å². The van der Waals surface area contributed by atoms with Crippen LogP contribution >= 0.6 is 11.6 Å². The van der Waals surface area contributed by atoms with Crippen molar-refractivity contribution in [2.75, 3.05) is 18.6 Å². The Bertz CT molecular complexity index is 1050. The summed E-state index contributed by atoms with van der Waals surface area (Å²) in [6.45, 7) is 2.47. The van der Waals surface area contributed by atoms with Crippen molar-refractivity contribution in [3.8, 4) is 5.75 Å². The highest BCUT2D eigenvalue weighted by Crippen LogP contribution is 2.34. The lowest BCUT2D eigenvalue weighted by atomic mass is 9.94. The zero-order valence-electron chi connectivity index (χ0n) is 16.2. The van der Waals surface area contributed by atoms with Gasteiger partial charge in [-0.25, -0.2) is 0 Å². The molecule has 4 nitrogen and oxygen atoms in total. The number of carbonyl (C=O) groups is 1. The molecule has 0 fully saturated rings. The number of para-hydroxylation sites is 2. The number of benzene rings is 2. The van der Waals surface area contributed by atoms with E-state index < -0.39 is 0 Å². The van der Waals surface area contributed by atoms with Crippen molar-refractivity contribution in [1.82, 2.24) is 4.98 Å². The predicted molar refractivity (Wildman–Crippen MR) is 114 cm³/mol. The molecule has 1 aliphatic carbocycles. The summed E-state index contributed by atoms with van der Waals surface area (Å²) in [5.41, 5.74) is 4.35. The number of rotatable bonds is 4. The molecule has 0 radical (unpaired) electrons. The van der Waals surface area contributed by atoms with Crippen LogP contribution in [0.1, 0.15) is 41.4 Å². The van der Waals surface area contributed by atoms with E-state index in [0.29, 0.717) is 17.9 Å². The van der Waals surface area contributed by atoms with Crippen LogP contribution < -0.4 is 9.64 Å². The molecule has 0 atom stereocenters. The summed E-state index contributed by atoms with van der Waals surface area (Å²) >= 11 is 6.65. The number of halogens is 1. The molecule has 0 saturated heterocycles. The summed E-state index contributed by atoms with van der Waals surface area (Å²) in [4.78, 5) is 19.6. The highest BCUT2D eigenvalue weighted by atomic mass is 35.5. The lowest BCUT2D eigenvalue weighted by Crippen LogP contribution is -2.26. The first-order valence-corrected chi connectivity index (χ1v) is 10.1. The molecular formula is C23H23ClN2O2. The highest BCUT2D eigenvalue weighted by molar-refractivity contribution is 6.36. The maximum absolute atomic E-state index is 13.1. The number of amides is 1. The fraction of sp³-hybridized carbons (Fsp3) is 0.304. The van der Waals surface area contributed by atoms with Crippen molar-refractivity contribution >= 4 is 34.1 Å². The molecule has 1 heterocycles. The van der Waals surface area contributed by atoms with Crippen molar-refractivity contribution in [3.05, 3.63) is 64.3 Å². The van der Waals surface area contributed by atoms with Crippen molar-refractivity contribution < 1.29 is 9.53 Å². The number of nitrogens with zero attached hydrogens (tertiary/aromatic N) is 2. The summed E-state index contributed by atoms with van der Waals surface area (Å²) < 4.78 is 5.67. The molecule has 5 heteroatoms. The van der Waals surface area contributed by atoms with Crippen LogP contribution in [0.25, 0.3) is 10.9 Å². The van der Waals surface area contributed by atoms with Gasteiger partial charge < -0.3 is 9.64 Å². The van der Waals surface area contributed by atoms with Crippen LogP contribution in [-0.2, 0) is 12.8 Å². The Morgan fingerprint density at radius 1 is 1.18 bits per heavy atom. The molecule has 2 aromatic carbocycles. The molecule has 0 bridgehead atoms. The summed E-state index contributed by atoms with van der Waals surface area (Å²) in [7, 11) is 1.76. The standard InChI is InChI=1S/C23H23ClN2O2/c1-3-28-21-11-7-6-10-20(21)26(2)23(27)15-12-13-17-19(14-15)25-18-9-5-4-8-16(18)22(17)24/h6-7,10-14H,3-5,8-9H2,1-2H3. The third-order valence-corrected chi connectivity index (χ3v) is 5.70. The normalized spacial score (nSPS) is 13.2. The van der Waals surface area contributed by atoms with Crippen LogP contribution in [0.2, 0.25) is 5.02 Å². The Kier molecular flexibility index (Phi) is 5.23. The maximum Gasteiger partial charge on any atom is 0.258 e. The van der Waals surface area contributed by atoms with E-state index in [9.17, 15) is 4.79 Å². The Morgan fingerprint density at radius 2 is 1.96 bits per heavy atom. The number of aryl methyl sites for hydroxylation is 1. The molecule has 0 unspecified atom stereocenters. The van der Waals surface area contributed by atoms with Crippen molar-refractivity contribution in [1.29, 1.82) is 0 Å². The number of hydrogen-bond donors (Lipinski definition) is 0. The molecule has 28 heavy (non-hydrogen) atoms. The molecule has 0 N–H and O–H groups in total. The first kappa shape index (κ1) is 18.8. The van der Waals surface area contributed by atoms with Crippen LogP contribution in [0.15, 0.2) is 42.5 Å². The van der Waals surface area contributed by atoms with Crippen LogP contribution in [0.3, 0.4) is 0 Å². The molecule has 3 aromatic rings. The molecule has 0 spiro atoms. The van der Waals surface area contributed by atoms with Gasteiger partial charge >= 0.3 is 0 Å². The van der Waals surface area contributed by atoms with E-state index >= 15 is 0 Å². The van der Waals surface area contributed by atoms with E-state index in [2.05, 4.69) is 0 Å². The number of ether oxygens (including phenoxy) is 1. The van der Waals surface area contributed by atoms with E-state index in [0.717, 1.165) is 53.0 Å². The number of anilines is 1. The van der Waals surface area contributed by atoms with Gasteiger partial charge in [-0.2, -0.15) is 0 Å². The van der Waals surface area contributed by atoms with E-state index in [1.165, 1.54) is 5.56 Å². The molecule has 0 aliphatic heterocycles. The highest BCUT2D eigenvalue weighted by Gasteiger charge is 2.20. The van der Waals surface area contributed by atoms with E-state index in [4.69, 9.17) is 21.3 Å². The topological polar surface area (TPSA) is 42.4 Å². The van der Waals surface area contributed by atoms with E-state index in [-0.39, 0.29) is 5.91 Å². The largest absolute Gasteiger partial charge is 0.492 e. The van der Waals surface area contributed by atoms with Crippen LogP contribution in [-0.4, -0.2) is 24.5 Å². The smallest absolute Gasteiger partial charge is 0.258 e. The second-order valence-electron chi connectivity index (χ2n) is 7.05. The van der Waals surface area contributed by atoms with E-state index in [1.807, 2.05) is 49.4 Å². The Balaban J connectivity index is 1.72. The first-order valence-electron chi connectivity index (χ1n) is 9.71. The fourth-order valence-electron chi connectivity index (χ4n) is 3.81. The number of carbonyl (C=O) groups excluding carboxylic acids is 1. The molecule has 1 aromatic heterocycles. The maximum atomic E-state index is 13.1. The zero-order valence-corrected chi connectivity index (χ0v) is 16.9. The average molecular weight is 395 g/mol. The van der Waals surface area contributed by atoms with Crippen molar-refractivity contribution in [2.45, 2.75) is 32.6 Å². The van der Waals surface area contributed by atoms with Gasteiger partial charge in [-0.3, -0.25) is 9.78 Å². The van der Waals surface area contributed by atoms with Crippen LogP contribution in [0.5, 0.6) is 5.75 Å². The summed E-state index contributed by atoms with van der Waals surface area (Å²) in [5, 5.41) is 1.70. The second-order valence-corrected chi connectivity index (χ2v) is 7.43.